The Morgan fingerprint density at radius 3 is 2.52 bits per heavy atom. The van der Waals surface area contributed by atoms with Crippen LogP contribution in [0, 0.1) is 11.8 Å². The van der Waals surface area contributed by atoms with Crippen molar-refractivity contribution in [1.29, 1.82) is 0 Å². The van der Waals surface area contributed by atoms with Gasteiger partial charge in [0.2, 0.25) is 5.91 Å². The summed E-state index contributed by atoms with van der Waals surface area (Å²) in [5, 5.41) is 23.2. The van der Waals surface area contributed by atoms with E-state index < -0.39 is 11.8 Å². The van der Waals surface area contributed by atoms with Gasteiger partial charge in [0.1, 0.15) is 5.66 Å². The quantitative estimate of drug-likeness (QED) is 0.648. The molecule has 0 aromatic heterocycles. The minimum absolute atomic E-state index is 0.0424. The van der Waals surface area contributed by atoms with Crippen LogP contribution in [-0.2, 0) is 4.79 Å². The molecule has 4 rings (SSSR count). The SMILES string of the molecule is O=C1CN(c2ccccc2)C2(CCN(CC3CCCCCCC3)CC2CC(O)CO)N1. The number of aliphatic hydroxyl groups is 2. The second kappa shape index (κ2) is 10.3. The first-order chi connectivity index (χ1) is 15.1. The van der Waals surface area contributed by atoms with Gasteiger partial charge in [-0.05, 0) is 37.3 Å². The summed E-state index contributed by atoms with van der Waals surface area (Å²) in [5.74, 6) is 0.852. The monoisotopic (exact) mass is 429 g/mol. The van der Waals surface area contributed by atoms with Gasteiger partial charge in [-0.3, -0.25) is 4.79 Å². The number of nitrogens with one attached hydrogen (secondary N) is 1. The molecule has 3 N–H and O–H groups in total. The topological polar surface area (TPSA) is 76.0 Å². The molecule has 3 fully saturated rings. The number of hydrogen-bond acceptors (Lipinski definition) is 5. The lowest BCUT2D eigenvalue weighted by molar-refractivity contribution is -0.119. The Labute approximate surface area is 186 Å². The summed E-state index contributed by atoms with van der Waals surface area (Å²) < 4.78 is 0. The van der Waals surface area contributed by atoms with Gasteiger partial charge in [0.05, 0.1) is 19.3 Å². The Balaban J connectivity index is 1.53. The molecule has 0 bridgehead atoms. The zero-order chi connectivity index (χ0) is 21.7. The minimum atomic E-state index is -0.765. The second-order valence-electron chi connectivity index (χ2n) is 9.88. The maximum absolute atomic E-state index is 12.6. The van der Waals surface area contributed by atoms with Crippen molar-refractivity contribution >= 4 is 11.6 Å². The summed E-state index contributed by atoms with van der Waals surface area (Å²) in [5.41, 5.74) is 0.546. The number of para-hydroxylation sites is 1. The molecule has 1 amide bonds. The first kappa shape index (κ1) is 22.6. The lowest BCUT2D eigenvalue weighted by Gasteiger charge is -2.51. The maximum atomic E-state index is 12.6. The average molecular weight is 430 g/mol. The molecule has 2 aliphatic heterocycles. The third-order valence-corrected chi connectivity index (χ3v) is 7.68. The van der Waals surface area contributed by atoms with Gasteiger partial charge in [-0.25, -0.2) is 0 Å². The summed E-state index contributed by atoms with van der Waals surface area (Å²) in [6.07, 6.45) is 9.99. The van der Waals surface area contributed by atoms with Crippen LogP contribution >= 0.6 is 0 Å². The van der Waals surface area contributed by atoms with Crippen molar-refractivity contribution in [2.45, 2.75) is 69.6 Å². The van der Waals surface area contributed by atoms with Crippen LogP contribution in [0.4, 0.5) is 5.69 Å². The fraction of sp³-hybridized carbons (Fsp3) is 0.720. The van der Waals surface area contributed by atoms with Crippen molar-refractivity contribution in [3.63, 3.8) is 0 Å². The number of benzene rings is 1. The molecule has 1 spiro atoms. The van der Waals surface area contributed by atoms with Crippen LogP contribution in [-0.4, -0.2) is 65.6 Å². The predicted molar refractivity (Wildman–Crippen MR) is 123 cm³/mol. The van der Waals surface area contributed by atoms with Gasteiger partial charge >= 0.3 is 0 Å². The molecule has 1 aliphatic carbocycles. The van der Waals surface area contributed by atoms with E-state index in [1.165, 1.54) is 44.9 Å². The highest BCUT2D eigenvalue weighted by atomic mass is 16.3. The molecule has 3 unspecified atom stereocenters. The van der Waals surface area contributed by atoms with Crippen molar-refractivity contribution < 1.29 is 15.0 Å². The van der Waals surface area contributed by atoms with Crippen molar-refractivity contribution in [3.8, 4) is 0 Å². The number of nitrogens with zero attached hydrogens (tertiary/aromatic N) is 2. The number of hydrogen-bond donors (Lipinski definition) is 3. The van der Waals surface area contributed by atoms with Crippen LogP contribution in [0.25, 0.3) is 0 Å². The summed E-state index contributed by atoms with van der Waals surface area (Å²) in [6, 6.07) is 10.1. The van der Waals surface area contributed by atoms with Crippen LogP contribution in [0.2, 0.25) is 0 Å². The van der Waals surface area contributed by atoms with E-state index in [1.54, 1.807) is 0 Å². The van der Waals surface area contributed by atoms with Gasteiger partial charge in [-0.1, -0.05) is 50.3 Å². The first-order valence-electron chi connectivity index (χ1n) is 12.3. The number of piperidine rings is 1. The van der Waals surface area contributed by atoms with E-state index >= 15 is 0 Å². The lowest BCUT2D eigenvalue weighted by atomic mass is 9.80. The summed E-state index contributed by atoms with van der Waals surface area (Å²) in [4.78, 5) is 17.4. The standard InChI is InChI=1S/C25H39N3O3/c29-19-23(30)15-21-17-27(16-20-9-5-2-1-3-6-10-20)14-13-25(21)26-24(31)18-28(25)22-11-7-4-8-12-22/h4,7-8,11-12,20-21,23,29-30H,1-3,5-6,9-10,13-19H2,(H,26,31). The number of likely N-dealkylation sites (tertiary alicyclic amines) is 1. The third-order valence-electron chi connectivity index (χ3n) is 7.68. The molecule has 172 valence electrons. The zero-order valence-electron chi connectivity index (χ0n) is 18.7. The number of aliphatic hydroxyl groups excluding tert-OH is 2. The minimum Gasteiger partial charge on any atom is -0.394 e. The molecule has 1 aromatic rings. The molecule has 2 heterocycles. The first-order valence-corrected chi connectivity index (χ1v) is 12.3. The number of anilines is 1. The highest BCUT2D eigenvalue weighted by molar-refractivity contribution is 5.87. The number of carbonyl (C=O) groups is 1. The molecule has 31 heavy (non-hydrogen) atoms. The Morgan fingerprint density at radius 2 is 1.81 bits per heavy atom. The maximum Gasteiger partial charge on any atom is 0.241 e. The molecule has 3 aliphatic rings. The Bertz CT molecular complexity index is 707. The molecular formula is C25H39N3O3. The third kappa shape index (κ3) is 5.24. The van der Waals surface area contributed by atoms with Crippen LogP contribution < -0.4 is 10.2 Å². The molecule has 2 saturated heterocycles. The van der Waals surface area contributed by atoms with Gasteiger partial charge in [0.15, 0.2) is 0 Å². The van der Waals surface area contributed by atoms with Crippen molar-refractivity contribution in [2.24, 2.45) is 11.8 Å². The van der Waals surface area contributed by atoms with Crippen molar-refractivity contribution in [1.82, 2.24) is 10.2 Å². The molecule has 1 saturated carbocycles. The summed E-state index contributed by atoms with van der Waals surface area (Å²) in [7, 11) is 0. The Kier molecular flexibility index (Phi) is 7.51. The van der Waals surface area contributed by atoms with Crippen LogP contribution in [0.15, 0.2) is 30.3 Å². The van der Waals surface area contributed by atoms with Gasteiger partial charge < -0.3 is 25.3 Å². The molecule has 3 atom stereocenters. The van der Waals surface area contributed by atoms with E-state index in [4.69, 9.17) is 0 Å². The fourth-order valence-corrected chi connectivity index (χ4v) is 6.10. The number of carbonyl (C=O) groups excluding carboxylic acids is 1. The fourth-order valence-electron chi connectivity index (χ4n) is 6.10. The predicted octanol–water partition coefficient (Wildman–Crippen LogP) is 2.74. The van der Waals surface area contributed by atoms with Gasteiger partial charge in [-0.15, -0.1) is 0 Å². The van der Waals surface area contributed by atoms with Gasteiger partial charge in [0.25, 0.3) is 0 Å². The average Bonchev–Trinajstić information content (AvgIpc) is 3.09. The highest BCUT2D eigenvalue weighted by Gasteiger charge is 2.53. The second-order valence-corrected chi connectivity index (χ2v) is 9.88. The van der Waals surface area contributed by atoms with Crippen LogP contribution in [0.5, 0.6) is 0 Å². The summed E-state index contributed by atoms with van der Waals surface area (Å²) in [6.45, 7) is 3.01. The highest BCUT2D eigenvalue weighted by Crippen LogP contribution is 2.40. The number of rotatable bonds is 6. The number of amides is 1. The normalized spacial score (nSPS) is 29.5. The smallest absolute Gasteiger partial charge is 0.241 e. The van der Waals surface area contributed by atoms with E-state index in [2.05, 4.69) is 27.2 Å². The lowest BCUT2D eigenvalue weighted by Crippen LogP contribution is -2.65. The van der Waals surface area contributed by atoms with Gasteiger partial charge in [0, 0.05) is 37.7 Å². The van der Waals surface area contributed by atoms with Gasteiger partial charge in [-0.2, -0.15) is 0 Å². The van der Waals surface area contributed by atoms with E-state index in [1.807, 2.05) is 18.2 Å². The molecule has 1 aromatic carbocycles. The van der Waals surface area contributed by atoms with E-state index in [9.17, 15) is 15.0 Å². The van der Waals surface area contributed by atoms with Crippen molar-refractivity contribution in [3.05, 3.63) is 30.3 Å². The molecular weight excluding hydrogens is 390 g/mol. The summed E-state index contributed by atoms with van der Waals surface area (Å²) >= 11 is 0. The van der Waals surface area contributed by atoms with Crippen LogP contribution in [0.3, 0.4) is 0 Å². The largest absolute Gasteiger partial charge is 0.394 e. The molecule has 0 radical (unpaired) electrons. The van der Waals surface area contributed by atoms with E-state index in [-0.39, 0.29) is 18.4 Å². The Morgan fingerprint density at radius 1 is 1.10 bits per heavy atom. The Hall–Kier alpha value is -1.63. The zero-order valence-corrected chi connectivity index (χ0v) is 18.7. The van der Waals surface area contributed by atoms with E-state index in [0.29, 0.717) is 13.0 Å². The van der Waals surface area contributed by atoms with E-state index in [0.717, 1.165) is 37.7 Å². The van der Waals surface area contributed by atoms with Crippen molar-refractivity contribution in [2.75, 3.05) is 37.7 Å². The molecule has 6 nitrogen and oxygen atoms in total. The van der Waals surface area contributed by atoms with Crippen LogP contribution in [0.1, 0.15) is 57.8 Å². The molecule has 6 heteroatoms.